The van der Waals surface area contributed by atoms with Gasteiger partial charge in [-0.25, -0.2) is 9.78 Å². The number of nitrogens with one attached hydrogen (secondary N) is 2. The summed E-state index contributed by atoms with van der Waals surface area (Å²) >= 11 is 0. The molecule has 16 nitrogen and oxygen atoms in total. The predicted octanol–water partition coefficient (Wildman–Crippen LogP) is 6.87. The summed E-state index contributed by atoms with van der Waals surface area (Å²) in [6.07, 6.45) is 3.40. The van der Waals surface area contributed by atoms with Crippen LogP contribution in [0.2, 0.25) is 0 Å². The number of benzene rings is 1. The van der Waals surface area contributed by atoms with E-state index in [1.165, 1.54) is 41.1 Å². The number of likely N-dealkylation sites (tertiary alicyclic amines) is 1. The fraction of sp³-hybridized carbons (Fsp3) is 0.644. The largest absolute Gasteiger partial charge is 0.448 e. The lowest BCUT2D eigenvalue weighted by Crippen LogP contribution is -2.58. The second-order valence-corrected chi connectivity index (χ2v) is 19.7. The molecule has 0 saturated carbocycles. The minimum absolute atomic E-state index is 0.0132. The molecule has 0 radical (unpaired) electrons. The number of nitrogens with zero attached hydrogens (tertiary/aromatic N) is 5. The number of amides is 5. The highest BCUT2D eigenvalue weighted by atomic mass is 33.1. The highest BCUT2D eigenvalue weighted by Crippen LogP contribution is 2.35. The number of likely N-dealkylation sites (N-methyl/N-ethyl adjacent to an activating group) is 2. The smallest absolute Gasteiger partial charge is 0.410 e. The van der Waals surface area contributed by atoms with Gasteiger partial charge in [-0.05, 0) is 72.8 Å². The topological polar surface area (TPSA) is 205 Å². The Morgan fingerprint density at radius 3 is 2.27 bits per heavy atom. The summed E-state index contributed by atoms with van der Waals surface area (Å²) in [5.41, 5.74) is 0.610. The molecule has 1 aromatic heterocycles. The van der Waals surface area contributed by atoms with Gasteiger partial charge < -0.3 is 30.3 Å². The number of rotatable bonds is 24. The molecule has 1 aliphatic heterocycles. The molecule has 0 spiro atoms. The molecule has 350 valence electrons. The molecule has 1 aliphatic rings. The second-order valence-electron chi connectivity index (χ2n) is 17.2. The first-order valence-corrected chi connectivity index (χ1v) is 24.3. The van der Waals surface area contributed by atoms with Crippen molar-refractivity contribution in [1.82, 2.24) is 30.3 Å². The van der Waals surface area contributed by atoms with Crippen molar-refractivity contribution in [2.45, 2.75) is 135 Å². The summed E-state index contributed by atoms with van der Waals surface area (Å²) in [5, 5.41) is 28.2. The quantitative estimate of drug-likeness (QED) is 0.0427. The van der Waals surface area contributed by atoms with Crippen LogP contribution in [-0.2, 0) is 23.9 Å². The van der Waals surface area contributed by atoms with Crippen molar-refractivity contribution in [2.24, 2.45) is 23.7 Å². The zero-order valence-electron chi connectivity index (χ0n) is 38.5. The molecule has 0 bridgehead atoms. The van der Waals surface area contributed by atoms with E-state index in [2.05, 4.69) is 15.6 Å². The van der Waals surface area contributed by atoms with Crippen LogP contribution in [0, 0.1) is 33.8 Å². The summed E-state index contributed by atoms with van der Waals surface area (Å²) in [6, 6.07) is 9.29. The number of pyridine rings is 1. The van der Waals surface area contributed by atoms with E-state index in [-0.39, 0.29) is 77.2 Å². The van der Waals surface area contributed by atoms with Crippen molar-refractivity contribution in [3.05, 3.63) is 64.3 Å². The van der Waals surface area contributed by atoms with Gasteiger partial charge in [-0.3, -0.25) is 34.2 Å². The first-order chi connectivity index (χ1) is 29.8. The van der Waals surface area contributed by atoms with Gasteiger partial charge in [0.05, 0.1) is 17.1 Å². The lowest BCUT2D eigenvalue weighted by Gasteiger charge is -2.37. The van der Waals surface area contributed by atoms with Crippen LogP contribution in [-0.4, -0.2) is 123 Å². The summed E-state index contributed by atoms with van der Waals surface area (Å²) in [5.74, 6) is -1.65. The molecular weight excluding hydrogens is 847 g/mol. The molecule has 0 aliphatic carbocycles. The Labute approximate surface area is 381 Å². The van der Waals surface area contributed by atoms with E-state index in [0.29, 0.717) is 25.1 Å². The van der Waals surface area contributed by atoms with Crippen molar-refractivity contribution in [1.29, 1.82) is 0 Å². The minimum Gasteiger partial charge on any atom is -0.448 e. The molecule has 1 aromatic carbocycles. The van der Waals surface area contributed by atoms with Gasteiger partial charge in [0.2, 0.25) is 23.6 Å². The fourth-order valence-corrected chi connectivity index (χ4v) is 9.83. The van der Waals surface area contributed by atoms with Crippen LogP contribution in [0.3, 0.4) is 0 Å². The highest BCUT2D eigenvalue weighted by molar-refractivity contribution is 8.76. The molecule has 3 N–H and O–H groups in total. The molecule has 18 heteroatoms. The number of nitro groups is 1. The predicted molar refractivity (Wildman–Crippen MR) is 246 cm³/mol. The van der Waals surface area contributed by atoms with Crippen molar-refractivity contribution in [2.75, 3.05) is 33.0 Å². The molecular formula is C45H69N7O9S2. The second kappa shape index (κ2) is 25.8. The minimum atomic E-state index is -0.954. The van der Waals surface area contributed by atoms with Gasteiger partial charge in [0.25, 0.3) is 0 Å². The maximum absolute atomic E-state index is 14.3. The van der Waals surface area contributed by atoms with Crippen molar-refractivity contribution in [3.8, 4) is 0 Å². The van der Waals surface area contributed by atoms with Crippen LogP contribution in [0.1, 0.15) is 106 Å². The SMILES string of the molecule is CC[C@@H](C)[C@@H](CCC(=O)N1CCC[C@@H]1C[C@H](C)C(=O)N[C@@H](C)[C@@H](O)c1ccccc1)N(C)C(=O)[C@H](NC(=O)[C@@H](C(C)C)N(C)C(=O)OCCSSc1ncccc1[N+](=O)[O-])C(C)C. The molecule has 5 amide bonds. The molecule has 1 fully saturated rings. The van der Waals surface area contributed by atoms with Crippen molar-refractivity contribution in [3.63, 3.8) is 0 Å². The third-order valence-corrected chi connectivity index (χ3v) is 14.1. The Kier molecular flexibility index (Phi) is 21.6. The van der Waals surface area contributed by atoms with Crippen LogP contribution in [0.5, 0.6) is 0 Å². The normalized spacial score (nSPS) is 17.2. The number of hydrogen-bond donors (Lipinski definition) is 3. The number of aliphatic hydroxyl groups is 1. The number of carbonyl (C=O) groups is 5. The third-order valence-electron chi connectivity index (χ3n) is 11.9. The highest BCUT2D eigenvalue weighted by Gasteiger charge is 2.38. The number of ether oxygens (including phenoxy) is 1. The zero-order valence-corrected chi connectivity index (χ0v) is 40.2. The Hall–Kier alpha value is -4.42. The standard InChI is InChI=1S/C45H69N7O9S2/c1-11-30(6)35(21-22-37(53)51-24-16-19-34(51)27-31(7)41(55)47-32(8)40(54)33-17-13-12-14-18-33)49(9)44(57)38(28(2)3)48-42(56)39(29(4)5)50(10)45(58)61-25-26-62-63-43-36(52(59)60)20-15-23-46-43/h12-15,17-18,20,23,28-32,34-35,38-40,54H,11,16,19,21-22,24-27H2,1-10H3,(H,47,55)(H,48,56)/t30-,31+,32+,34-,35-,38-,39-,40-/m1/s1. The van der Waals surface area contributed by atoms with Gasteiger partial charge in [-0.15, -0.1) is 0 Å². The van der Waals surface area contributed by atoms with Crippen LogP contribution in [0.4, 0.5) is 10.5 Å². The lowest BCUT2D eigenvalue weighted by atomic mass is 9.91. The van der Waals surface area contributed by atoms with Crippen LogP contribution >= 0.6 is 21.6 Å². The van der Waals surface area contributed by atoms with E-state index >= 15 is 0 Å². The fourth-order valence-electron chi connectivity index (χ4n) is 7.98. The maximum atomic E-state index is 14.3. The van der Waals surface area contributed by atoms with Crippen LogP contribution in [0.15, 0.2) is 53.7 Å². The van der Waals surface area contributed by atoms with E-state index in [1.54, 1.807) is 32.7 Å². The van der Waals surface area contributed by atoms with Gasteiger partial charge in [-0.1, -0.05) is 96.0 Å². The first-order valence-electron chi connectivity index (χ1n) is 22.0. The van der Waals surface area contributed by atoms with E-state index in [0.717, 1.165) is 35.6 Å². The van der Waals surface area contributed by atoms with Gasteiger partial charge >= 0.3 is 11.8 Å². The molecule has 3 rings (SSSR count). The Morgan fingerprint density at radius 1 is 0.968 bits per heavy atom. The zero-order chi connectivity index (χ0) is 47.0. The van der Waals surface area contributed by atoms with Gasteiger partial charge in [0, 0.05) is 63.1 Å². The average molecular weight is 916 g/mol. The Bertz CT molecular complexity index is 1820. The summed E-state index contributed by atoms with van der Waals surface area (Å²) in [6.45, 7) is 15.6. The Morgan fingerprint density at radius 2 is 1.65 bits per heavy atom. The maximum Gasteiger partial charge on any atom is 0.410 e. The molecule has 0 unspecified atom stereocenters. The lowest BCUT2D eigenvalue weighted by molar-refractivity contribution is -0.388. The summed E-state index contributed by atoms with van der Waals surface area (Å²) < 4.78 is 5.45. The molecule has 2 aromatic rings. The number of aliphatic hydroxyl groups excluding tert-OH is 1. The number of hydrogen-bond acceptors (Lipinski definition) is 12. The monoisotopic (exact) mass is 915 g/mol. The average Bonchev–Trinajstić information content (AvgIpc) is 3.72. The van der Waals surface area contributed by atoms with E-state index < -0.39 is 41.2 Å². The molecule has 1 saturated heterocycles. The Balaban J connectivity index is 1.59. The van der Waals surface area contributed by atoms with E-state index in [1.807, 2.05) is 69.9 Å². The molecule has 2 heterocycles. The number of carbonyl (C=O) groups excluding carboxylic acids is 5. The third kappa shape index (κ3) is 15.4. The summed E-state index contributed by atoms with van der Waals surface area (Å²) in [4.78, 5) is 88.0. The van der Waals surface area contributed by atoms with Gasteiger partial charge in [-0.2, -0.15) is 0 Å². The summed E-state index contributed by atoms with van der Waals surface area (Å²) in [7, 11) is 5.54. The van der Waals surface area contributed by atoms with E-state index in [4.69, 9.17) is 4.74 Å². The molecule has 8 atom stereocenters. The molecule has 63 heavy (non-hydrogen) atoms. The van der Waals surface area contributed by atoms with Crippen molar-refractivity contribution >= 4 is 57.0 Å². The number of aromatic nitrogens is 1. The van der Waals surface area contributed by atoms with Crippen LogP contribution < -0.4 is 10.6 Å². The van der Waals surface area contributed by atoms with Crippen LogP contribution in [0.25, 0.3) is 0 Å². The first kappa shape index (κ1) is 52.9. The van der Waals surface area contributed by atoms with Gasteiger partial charge in [0.1, 0.15) is 18.7 Å². The van der Waals surface area contributed by atoms with E-state index in [9.17, 15) is 39.2 Å². The van der Waals surface area contributed by atoms with Crippen molar-refractivity contribution < 1.29 is 38.7 Å². The van der Waals surface area contributed by atoms with Gasteiger partial charge in [0.15, 0.2) is 5.03 Å².